The monoisotopic (exact) mass is 358 g/mol. The Balaban J connectivity index is 1.88. The van der Waals surface area contributed by atoms with Crippen LogP contribution >= 0.6 is 0 Å². The number of aliphatic carboxylic acids is 1. The van der Waals surface area contributed by atoms with E-state index in [4.69, 9.17) is 19.0 Å². The van der Waals surface area contributed by atoms with Crippen molar-refractivity contribution in [2.45, 2.75) is 57.5 Å². The highest BCUT2D eigenvalue weighted by Crippen LogP contribution is 2.48. The summed E-state index contributed by atoms with van der Waals surface area (Å²) in [7, 11) is 0. The molecule has 0 atom stereocenters. The molecule has 138 valence electrons. The van der Waals surface area contributed by atoms with Gasteiger partial charge in [-0.15, -0.1) is 0 Å². The van der Waals surface area contributed by atoms with Crippen LogP contribution in [0.2, 0.25) is 0 Å². The number of carbonyl (C=O) groups is 1. The molecule has 0 radical (unpaired) electrons. The Morgan fingerprint density at radius 2 is 2.00 bits per heavy atom. The molecular formula is C20H22O6. The highest BCUT2D eigenvalue weighted by Gasteiger charge is 2.39. The molecule has 2 heterocycles. The Kier molecular flexibility index (Phi) is 4.13. The van der Waals surface area contributed by atoms with E-state index in [1.165, 1.54) is 12.5 Å². The summed E-state index contributed by atoms with van der Waals surface area (Å²) in [5.41, 5.74) is 1.31. The Labute approximate surface area is 150 Å². The number of hydrogen-bond donors (Lipinski definition) is 1. The molecule has 1 N–H and O–H groups in total. The lowest BCUT2D eigenvalue weighted by molar-refractivity contribution is -0.139. The number of hydrogen-bond acceptors (Lipinski definition) is 5. The van der Waals surface area contributed by atoms with Gasteiger partial charge in [0.1, 0.15) is 5.60 Å². The maximum atomic E-state index is 11.9. The van der Waals surface area contributed by atoms with E-state index in [2.05, 4.69) is 0 Å². The van der Waals surface area contributed by atoms with Crippen LogP contribution in [0.1, 0.15) is 49.7 Å². The average Bonchev–Trinajstić information content (AvgIpc) is 2.60. The average molecular weight is 358 g/mol. The molecule has 0 saturated heterocycles. The second-order valence-corrected chi connectivity index (χ2v) is 7.35. The summed E-state index contributed by atoms with van der Waals surface area (Å²) in [6.45, 7) is 1.32. The third-order valence-corrected chi connectivity index (χ3v) is 5.50. The third kappa shape index (κ3) is 2.93. The van der Waals surface area contributed by atoms with Gasteiger partial charge in [0, 0.05) is 11.5 Å². The van der Waals surface area contributed by atoms with Gasteiger partial charge in [-0.25, -0.2) is 9.59 Å². The molecule has 6 heteroatoms. The minimum absolute atomic E-state index is 0.218. The first kappa shape index (κ1) is 16.9. The molecule has 1 aliphatic heterocycles. The van der Waals surface area contributed by atoms with Gasteiger partial charge in [0.25, 0.3) is 0 Å². The summed E-state index contributed by atoms with van der Waals surface area (Å²) in [5.74, 6) is -0.306. The van der Waals surface area contributed by atoms with Gasteiger partial charge >= 0.3 is 11.6 Å². The fourth-order valence-electron chi connectivity index (χ4n) is 4.20. The number of ether oxygens (including phenoxy) is 2. The first-order chi connectivity index (χ1) is 12.5. The summed E-state index contributed by atoms with van der Waals surface area (Å²) in [5, 5.41) is 9.80. The van der Waals surface area contributed by atoms with Gasteiger partial charge in [0.05, 0.1) is 0 Å². The molecule has 0 amide bonds. The fourth-order valence-corrected chi connectivity index (χ4v) is 4.20. The first-order valence-electron chi connectivity index (χ1n) is 9.11. The third-order valence-electron chi connectivity index (χ3n) is 5.50. The van der Waals surface area contributed by atoms with Gasteiger partial charge in [-0.3, -0.25) is 0 Å². The lowest BCUT2D eigenvalue weighted by atomic mass is 9.78. The van der Waals surface area contributed by atoms with Crippen LogP contribution in [0.15, 0.2) is 21.3 Å². The zero-order valence-corrected chi connectivity index (χ0v) is 14.8. The number of aryl methyl sites for hydroxylation is 2. The van der Waals surface area contributed by atoms with E-state index >= 15 is 0 Å². The molecule has 2 aromatic rings. The van der Waals surface area contributed by atoms with Gasteiger partial charge < -0.3 is 19.0 Å². The predicted octanol–water partition coefficient (Wildman–Crippen LogP) is 3.59. The minimum atomic E-state index is -1.09. The van der Waals surface area contributed by atoms with Crippen LogP contribution in [-0.4, -0.2) is 23.3 Å². The Morgan fingerprint density at radius 1 is 1.23 bits per heavy atom. The molecule has 0 unspecified atom stereocenters. The minimum Gasteiger partial charge on any atom is -0.483 e. The largest absolute Gasteiger partial charge is 0.483 e. The van der Waals surface area contributed by atoms with Gasteiger partial charge in [0.15, 0.2) is 17.9 Å². The fraction of sp³-hybridized carbons (Fsp3) is 0.500. The Hall–Kier alpha value is -2.50. The van der Waals surface area contributed by atoms with Crippen molar-refractivity contribution in [2.75, 3.05) is 6.61 Å². The van der Waals surface area contributed by atoms with Crippen molar-refractivity contribution in [3.8, 4) is 11.5 Å². The second kappa shape index (κ2) is 6.34. The van der Waals surface area contributed by atoms with E-state index in [9.17, 15) is 9.59 Å². The smallest absolute Gasteiger partial charge is 0.341 e. The molecule has 1 saturated carbocycles. The van der Waals surface area contributed by atoms with E-state index in [1.54, 1.807) is 0 Å². The summed E-state index contributed by atoms with van der Waals surface area (Å²) in [6.07, 6.45) is 7.23. The maximum absolute atomic E-state index is 11.9. The molecule has 26 heavy (non-hydrogen) atoms. The zero-order valence-electron chi connectivity index (χ0n) is 14.8. The highest BCUT2D eigenvalue weighted by atomic mass is 16.5. The Morgan fingerprint density at radius 3 is 2.73 bits per heavy atom. The van der Waals surface area contributed by atoms with Crippen molar-refractivity contribution in [3.63, 3.8) is 0 Å². The molecule has 1 aliphatic carbocycles. The molecule has 1 aromatic heterocycles. The standard InChI is InChI=1S/C20H22O6/c1-12-9-16(23)25-18-14(12)10-13-5-8-20(6-3-2-4-7-20)26-17(13)19(18)24-11-15(21)22/h9-10H,2-8,11H2,1H3,(H,21,22). The molecular weight excluding hydrogens is 336 g/mol. The molecule has 4 rings (SSSR count). The molecule has 1 spiro atoms. The number of benzene rings is 1. The van der Waals surface area contributed by atoms with E-state index in [0.29, 0.717) is 5.75 Å². The van der Waals surface area contributed by atoms with Crippen LogP contribution in [0.5, 0.6) is 11.5 Å². The summed E-state index contributed by atoms with van der Waals surface area (Å²) in [6, 6.07) is 3.41. The molecule has 1 fully saturated rings. The number of carboxylic acid groups (broad SMARTS) is 1. The summed E-state index contributed by atoms with van der Waals surface area (Å²) < 4.78 is 17.4. The van der Waals surface area contributed by atoms with Gasteiger partial charge in [-0.2, -0.15) is 0 Å². The number of fused-ring (bicyclic) bond motifs is 2. The van der Waals surface area contributed by atoms with Crippen molar-refractivity contribution >= 4 is 16.9 Å². The number of carboxylic acids is 1. The summed E-state index contributed by atoms with van der Waals surface area (Å²) in [4.78, 5) is 22.9. The van der Waals surface area contributed by atoms with E-state index in [0.717, 1.165) is 55.0 Å². The van der Waals surface area contributed by atoms with Crippen LogP contribution in [0, 0.1) is 6.92 Å². The highest BCUT2D eigenvalue weighted by molar-refractivity contribution is 5.89. The van der Waals surface area contributed by atoms with Crippen molar-refractivity contribution in [2.24, 2.45) is 0 Å². The second-order valence-electron chi connectivity index (χ2n) is 7.35. The van der Waals surface area contributed by atoms with Gasteiger partial charge in [0.2, 0.25) is 5.75 Å². The summed E-state index contributed by atoms with van der Waals surface area (Å²) >= 11 is 0. The van der Waals surface area contributed by atoms with Gasteiger partial charge in [-0.05, 0) is 62.6 Å². The first-order valence-corrected chi connectivity index (χ1v) is 9.11. The van der Waals surface area contributed by atoms with Crippen molar-refractivity contribution in [1.29, 1.82) is 0 Å². The molecule has 6 nitrogen and oxygen atoms in total. The van der Waals surface area contributed by atoms with Crippen LogP contribution in [0.25, 0.3) is 11.0 Å². The van der Waals surface area contributed by atoms with Crippen molar-refractivity contribution in [1.82, 2.24) is 0 Å². The van der Waals surface area contributed by atoms with E-state index < -0.39 is 18.2 Å². The van der Waals surface area contributed by atoms with Crippen LogP contribution in [0.3, 0.4) is 0 Å². The molecule has 2 aliphatic rings. The molecule has 0 bridgehead atoms. The van der Waals surface area contributed by atoms with Crippen LogP contribution in [-0.2, 0) is 11.2 Å². The normalized spacial score (nSPS) is 18.3. The van der Waals surface area contributed by atoms with E-state index in [1.807, 2.05) is 13.0 Å². The number of rotatable bonds is 3. The Bertz CT molecular complexity index is 920. The topological polar surface area (TPSA) is 86.0 Å². The van der Waals surface area contributed by atoms with Crippen molar-refractivity contribution in [3.05, 3.63) is 33.7 Å². The molecule has 1 aromatic carbocycles. The lowest BCUT2D eigenvalue weighted by Crippen LogP contribution is -2.41. The van der Waals surface area contributed by atoms with Crippen molar-refractivity contribution < 1.29 is 23.8 Å². The van der Waals surface area contributed by atoms with Crippen LogP contribution < -0.4 is 15.1 Å². The SMILES string of the molecule is Cc1cc(=O)oc2c(OCC(=O)O)c3c(cc12)CCC1(CCCCC1)O3. The van der Waals surface area contributed by atoms with Crippen LogP contribution in [0.4, 0.5) is 0 Å². The predicted molar refractivity (Wildman–Crippen MR) is 95.1 cm³/mol. The lowest BCUT2D eigenvalue weighted by Gasteiger charge is -2.42. The maximum Gasteiger partial charge on any atom is 0.341 e. The van der Waals surface area contributed by atoms with Gasteiger partial charge in [-0.1, -0.05) is 6.42 Å². The quantitative estimate of drug-likeness (QED) is 0.844. The zero-order chi connectivity index (χ0) is 18.3. The van der Waals surface area contributed by atoms with E-state index in [-0.39, 0.29) is 16.9 Å².